The highest BCUT2D eigenvalue weighted by Gasteiger charge is 2.12. The molecule has 32 heavy (non-hydrogen) atoms. The number of benzene rings is 2. The summed E-state index contributed by atoms with van der Waals surface area (Å²) in [5.74, 6) is 3.56. The van der Waals surface area contributed by atoms with Crippen molar-refractivity contribution in [2.45, 2.75) is 6.92 Å². The van der Waals surface area contributed by atoms with Crippen LogP contribution in [0.15, 0.2) is 54.7 Å². The molecule has 1 saturated heterocycles. The molecule has 0 radical (unpaired) electrons. The van der Waals surface area contributed by atoms with Crippen molar-refractivity contribution in [3.8, 4) is 17.1 Å². The van der Waals surface area contributed by atoms with Gasteiger partial charge in [0.2, 0.25) is 0 Å². The van der Waals surface area contributed by atoms with Crippen LogP contribution in [-0.2, 0) is 0 Å². The van der Waals surface area contributed by atoms with Crippen molar-refractivity contribution in [2.24, 2.45) is 0 Å². The van der Waals surface area contributed by atoms with E-state index in [0.717, 1.165) is 35.8 Å². The van der Waals surface area contributed by atoms with E-state index in [0.29, 0.717) is 29.7 Å². The van der Waals surface area contributed by atoms with Crippen LogP contribution in [0.2, 0.25) is 0 Å². The molecule has 1 aromatic heterocycles. The van der Waals surface area contributed by atoms with Gasteiger partial charge in [-0.05, 0) is 55.5 Å². The molecule has 1 aliphatic heterocycles. The molecule has 1 aliphatic rings. The van der Waals surface area contributed by atoms with E-state index in [4.69, 9.17) is 10.5 Å². The third-order valence-electron chi connectivity index (χ3n) is 4.99. The Labute approximate surface area is 191 Å². The summed E-state index contributed by atoms with van der Waals surface area (Å²) >= 11 is 1.98. The van der Waals surface area contributed by atoms with Crippen LogP contribution in [0, 0.1) is 0 Å². The van der Waals surface area contributed by atoms with Crippen molar-refractivity contribution in [2.75, 3.05) is 52.5 Å². The Morgan fingerprint density at radius 2 is 1.69 bits per heavy atom. The molecule has 2 amide bonds. The first kappa shape index (κ1) is 21.8. The third kappa shape index (κ3) is 5.42. The number of nitrogens with zero attached hydrogens (tertiary/aromatic N) is 3. The summed E-state index contributed by atoms with van der Waals surface area (Å²) in [5, 5.41) is 5.70. The Morgan fingerprint density at radius 3 is 2.28 bits per heavy atom. The number of rotatable bonds is 6. The van der Waals surface area contributed by atoms with Crippen LogP contribution in [0.3, 0.4) is 0 Å². The van der Waals surface area contributed by atoms with Gasteiger partial charge in [0.15, 0.2) is 17.4 Å². The Balaban J connectivity index is 1.34. The lowest BCUT2D eigenvalue weighted by atomic mass is 10.2. The van der Waals surface area contributed by atoms with Gasteiger partial charge in [-0.3, -0.25) is 0 Å². The topological polar surface area (TPSA) is 105 Å². The molecular weight excluding hydrogens is 424 g/mol. The number of anilines is 4. The summed E-state index contributed by atoms with van der Waals surface area (Å²) in [5.41, 5.74) is 9.30. The number of carbonyl (C=O) groups is 1. The van der Waals surface area contributed by atoms with Gasteiger partial charge < -0.3 is 26.0 Å². The normalized spacial score (nSPS) is 13.5. The highest BCUT2D eigenvalue weighted by Crippen LogP contribution is 2.24. The monoisotopic (exact) mass is 450 g/mol. The lowest BCUT2D eigenvalue weighted by molar-refractivity contribution is 0.262. The maximum Gasteiger partial charge on any atom is 0.323 e. The number of hydrogen-bond acceptors (Lipinski definition) is 7. The number of nitrogens with one attached hydrogen (secondary N) is 2. The third-order valence-corrected chi connectivity index (χ3v) is 5.93. The number of nitrogens with two attached hydrogens (primary N) is 1. The average Bonchev–Trinajstić information content (AvgIpc) is 2.82. The van der Waals surface area contributed by atoms with Crippen molar-refractivity contribution < 1.29 is 9.53 Å². The fourth-order valence-corrected chi connectivity index (χ4v) is 4.27. The fraction of sp³-hybridized carbons (Fsp3) is 0.261. The molecule has 0 saturated carbocycles. The van der Waals surface area contributed by atoms with Gasteiger partial charge in [-0.2, -0.15) is 11.8 Å². The number of carbonyl (C=O) groups excluding carboxylic acids is 1. The van der Waals surface area contributed by atoms with Crippen molar-refractivity contribution in [3.63, 3.8) is 0 Å². The number of amides is 2. The summed E-state index contributed by atoms with van der Waals surface area (Å²) in [6, 6.07) is 14.9. The van der Waals surface area contributed by atoms with E-state index in [9.17, 15) is 4.79 Å². The number of thioether (sulfide) groups is 1. The average molecular weight is 451 g/mol. The molecule has 0 unspecified atom stereocenters. The molecule has 9 heteroatoms. The molecule has 0 bridgehead atoms. The van der Waals surface area contributed by atoms with Gasteiger partial charge in [0.1, 0.15) is 0 Å². The van der Waals surface area contributed by atoms with Crippen LogP contribution in [-0.4, -0.2) is 47.2 Å². The van der Waals surface area contributed by atoms with E-state index in [1.165, 1.54) is 5.69 Å². The Morgan fingerprint density at radius 1 is 1.06 bits per heavy atom. The lowest BCUT2D eigenvalue weighted by Gasteiger charge is -2.28. The molecule has 0 spiro atoms. The number of urea groups is 1. The van der Waals surface area contributed by atoms with Gasteiger partial charge in [-0.1, -0.05) is 0 Å². The zero-order valence-electron chi connectivity index (χ0n) is 17.9. The first-order chi connectivity index (χ1) is 15.6. The highest BCUT2D eigenvalue weighted by molar-refractivity contribution is 7.99. The molecule has 0 aliphatic carbocycles. The number of ether oxygens (including phenoxy) is 1. The van der Waals surface area contributed by atoms with Gasteiger partial charge in [0.05, 0.1) is 12.8 Å². The van der Waals surface area contributed by atoms with E-state index < -0.39 is 0 Å². The van der Waals surface area contributed by atoms with Crippen molar-refractivity contribution in [3.05, 3.63) is 54.7 Å². The molecule has 1 fully saturated rings. The summed E-state index contributed by atoms with van der Waals surface area (Å²) in [6.45, 7) is 4.49. The molecule has 4 rings (SSSR count). The first-order valence-electron chi connectivity index (χ1n) is 10.5. The molecule has 0 atom stereocenters. The number of nitrogen functional groups attached to an aromatic ring is 1. The standard InChI is InChI=1S/C23H26N6O2S/c1-2-31-20-15-25-22(28-21(20)24)16-3-5-17(6-4-16)26-23(30)27-18-7-9-19(10-8-18)29-11-13-32-14-12-29/h3-10,15H,2,11-14H2,1H3,(H2,24,25,28)(H2,26,27,30). The van der Waals surface area contributed by atoms with Crippen LogP contribution < -0.4 is 26.0 Å². The van der Waals surface area contributed by atoms with E-state index in [1.54, 1.807) is 18.3 Å². The van der Waals surface area contributed by atoms with Gasteiger partial charge in [-0.15, -0.1) is 0 Å². The maximum atomic E-state index is 12.4. The Kier molecular flexibility index (Phi) is 6.96. The molecule has 166 valence electrons. The minimum Gasteiger partial charge on any atom is -0.488 e. The zero-order valence-corrected chi connectivity index (χ0v) is 18.7. The summed E-state index contributed by atoms with van der Waals surface area (Å²) < 4.78 is 5.37. The number of aromatic nitrogens is 2. The first-order valence-corrected chi connectivity index (χ1v) is 11.6. The van der Waals surface area contributed by atoms with E-state index in [1.807, 2.05) is 55.1 Å². The second-order valence-electron chi connectivity index (χ2n) is 7.18. The molecular formula is C23H26N6O2S. The second kappa shape index (κ2) is 10.2. The van der Waals surface area contributed by atoms with Gasteiger partial charge in [-0.25, -0.2) is 14.8 Å². The molecule has 2 heterocycles. The van der Waals surface area contributed by atoms with Gasteiger partial charge in [0, 0.05) is 47.2 Å². The SMILES string of the molecule is CCOc1cnc(-c2ccc(NC(=O)Nc3ccc(N4CCSCC4)cc3)cc2)nc1N. The van der Waals surface area contributed by atoms with E-state index in [-0.39, 0.29) is 6.03 Å². The van der Waals surface area contributed by atoms with Gasteiger partial charge >= 0.3 is 6.03 Å². The highest BCUT2D eigenvalue weighted by atomic mass is 32.2. The van der Waals surface area contributed by atoms with Crippen molar-refractivity contribution in [1.29, 1.82) is 0 Å². The summed E-state index contributed by atoms with van der Waals surface area (Å²) in [6.07, 6.45) is 1.57. The van der Waals surface area contributed by atoms with Crippen LogP contribution in [0.1, 0.15) is 6.92 Å². The van der Waals surface area contributed by atoms with Crippen molar-refractivity contribution in [1.82, 2.24) is 9.97 Å². The predicted molar refractivity (Wildman–Crippen MR) is 132 cm³/mol. The maximum absolute atomic E-state index is 12.4. The summed E-state index contributed by atoms with van der Waals surface area (Å²) in [7, 11) is 0. The largest absolute Gasteiger partial charge is 0.488 e. The number of hydrogen-bond donors (Lipinski definition) is 3. The Bertz CT molecular complexity index is 1050. The van der Waals surface area contributed by atoms with Crippen LogP contribution in [0.4, 0.5) is 27.7 Å². The Hall–Kier alpha value is -3.46. The van der Waals surface area contributed by atoms with Crippen molar-refractivity contribution >= 4 is 40.7 Å². The lowest BCUT2D eigenvalue weighted by Crippen LogP contribution is -2.32. The van der Waals surface area contributed by atoms with Gasteiger partial charge in [0.25, 0.3) is 0 Å². The second-order valence-corrected chi connectivity index (χ2v) is 8.40. The van der Waals surface area contributed by atoms with E-state index in [2.05, 4.69) is 25.5 Å². The minimum atomic E-state index is -0.304. The predicted octanol–water partition coefficient (Wildman–Crippen LogP) is 4.32. The van der Waals surface area contributed by atoms with Crippen LogP contribution in [0.5, 0.6) is 5.75 Å². The molecule has 8 nitrogen and oxygen atoms in total. The van der Waals surface area contributed by atoms with Crippen LogP contribution >= 0.6 is 11.8 Å². The fourth-order valence-electron chi connectivity index (χ4n) is 3.36. The molecule has 3 aromatic rings. The zero-order chi connectivity index (χ0) is 22.3. The molecule has 4 N–H and O–H groups in total. The minimum absolute atomic E-state index is 0.295. The van der Waals surface area contributed by atoms with E-state index >= 15 is 0 Å². The quantitative estimate of drug-likeness (QED) is 0.513. The smallest absolute Gasteiger partial charge is 0.323 e. The van der Waals surface area contributed by atoms with Crippen LogP contribution in [0.25, 0.3) is 11.4 Å². The summed E-state index contributed by atoms with van der Waals surface area (Å²) in [4.78, 5) is 23.3. The molecule has 2 aromatic carbocycles.